The Bertz CT molecular complexity index is 48.1. The molecule has 0 N–H and O–H groups in total. The van der Waals surface area contributed by atoms with Crippen LogP contribution in [0.25, 0.3) is 0 Å². The molecule has 0 atom stereocenters. The van der Waals surface area contributed by atoms with Crippen molar-refractivity contribution in [1.29, 1.82) is 0 Å². The van der Waals surface area contributed by atoms with Crippen LogP contribution in [-0.4, -0.2) is 17.2 Å². The topological polar surface area (TPSA) is 0 Å². The van der Waals surface area contributed by atoms with Gasteiger partial charge in [0.15, 0.2) is 0 Å². The van der Waals surface area contributed by atoms with Gasteiger partial charge < -0.3 is 0 Å². The van der Waals surface area contributed by atoms with Crippen molar-refractivity contribution in [3.8, 4) is 0 Å². The van der Waals surface area contributed by atoms with E-state index in [1.807, 2.05) is 10.1 Å². The van der Waals surface area contributed by atoms with Gasteiger partial charge >= 0.3 is 57.2 Å². The van der Waals surface area contributed by atoms with E-state index < -0.39 is 12.1 Å². The van der Waals surface area contributed by atoms with Crippen LogP contribution < -0.4 is 0 Å². The first-order valence-electron chi connectivity index (χ1n) is 2.31. The first kappa shape index (κ1) is 8.24. The molecule has 7 heavy (non-hydrogen) atoms. The zero-order valence-corrected chi connectivity index (χ0v) is 8.87. The van der Waals surface area contributed by atoms with E-state index in [1.165, 1.54) is 0 Å². The summed E-state index contributed by atoms with van der Waals surface area (Å²) in [5.41, 5.74) is 0. The summed E-state index contributed by atoms with van der Waals surface area (Å²) in [6.45, 7) is 0. The van der Waals surface area contributed by atoms with Gasteiger partial charge in [0.05, 0.1) is 0 Å². The van der Waals surface area contributed by atoms with Gasteiger partial charge in [-0.15, -0.1) is 0 Å². The maximum atomic E-state index is 4.12. The van der Waals surface area contributed by atoms with E-state index in [9.17, 15) is 0 Å². The monoisotopic (exact) mass is 198 g/mol. The van der Waals surface area contributed by atoms with Gasteiger partial charge in [-0.1, -0.05) is 0 Å². The van der Waals surface area contributed by atoms with E-state index in [2.05, 4.69) is 29.9 Å². The molecule has 0 spiro atoms. The summed E-state index contributed by atoms with van der Waals surface area (Å²) in [4.78, 5) is 0. The molecule has 0 saturated heterocycles. The van der Waals surface area contributed by atoms with Crippen LogP contribution in [-0.2, 0) is 0 Å². The average Bonchev–Trinajstić information content (AvgIpc) is 1.30. The number of rotatable bonds is 2. The molecule has 0 fully saturated rings. The Kier molecular flexibility index (Phi) is 3.89. The molecule has 0 unspecified atom stereocenters. The van der Waals surface area contributed by atoms with Crippen LogP contribution in [0.3, 0.4) is 0 Å². The molecule has 0 nitrogen and oxygen atoms in total. The second-order valence-corrected chi connectivity index (χ2v) is 20.8. The second kappa shape index (κ2) is 3.30. The molecule has 0 rings (SSSR count). The van der Waals surface area contributed by atoms with Gasteiger partial charge in [0.2, 0.25) is 0 Å². The summed E-state index contributed by atoms with van der Waals surface area (Å²) < 4.78 is 0. The Morgan fingerprint density at radius 3 is 1.86 bits per heavy atom. The first-order chi connectivity index (χ1) is 3.06. The van der Waals surface area contributed by atoms with Crippen molar-refractivity contribution < 1.29 is 0 Å². The Morgan fingerprint density at radius 1 is 1.43 bits per heavy atom. The molecule has 0 aromatic heterocycles. The zero-order chi connectivity index (χ0) is 5.91. The Labute approximate surface area is 57.2 Å². The van der Waals surface area contributed by atoms with Crippen molar-refractivity contribution in [2.75, 3.05) is 5.08 Å². The van der Waals surface area contributed by atoms with Crippen LogP contribution in [0.5, 0.6) is 0 Å². The molecule has 0 amide bonds. The minimum atomic E-state index is -1.24. The fraction of sp³-hybridized carbons (Fsp3) is 1.00. The third-order valence-corrected chi connectivity index (χ3v) is 9.77. The van der Waals surface area contributed by atoms with Crippen molar-refractivity contribution in [1.82, 2.24) is 0 Å². The molecule has 0 aromatic carbocycles. The van der Waals surface area contributed by atoms with E-state index in [4.69, 9.17) is 0 Å². The maximum absolute atomic E-state index is 4.12. The van der Waals surface area contributed by atoms with Crippen LogP contribution in [0.4, 0.5) is 0 Å². The number of thiol groups is 1. The predicted molar refractivity (Wildman–Crippen MR) is 44.8 cm³/mol. The Balaban J connectivity index is 3.15. The number of hydrogen-bond acceptors (Lipinski definition) is 2. The van der Waals surface area contributed by atoms with Gasteiger partial charge in [0.25, 0.3) is 0 Å². The molecule has 0 saturated carbocycles. The third kappa shape index (κ3) is 7.24. The molecule has 44 valence electrons. The van der Waals surface area contributed by atoms with Crippen molar-refractivity contribution >= 4 is 34.8 Å². The van der Waals surface area contributed by atoms with Crippen LogP contribution in [0.15, 0.2) is 0 Å². The van der Waals surface area contributed by atoms with Crippen LogP contribution in [0.2, 0.25) is 17.3 Å². The van der Waals surface area contributed by atoms with Crippen LogP contribution >= 0.6 is 22.7 Å². The van der Waals surface area contributed by atoms with Gasteiger partial charge in [0.1, 0.15) is 0 Å². The molecule has 0 bridgehead atoms. The second-order valence-electron chi connectivity index (χ2n) is 2.39. The summed E-state index contributed by atoms with van der Waals surface area (Å²) in [5, 5.41) is 1.00. The van der Waals surface area contributed by atoms with E-state index in [1.54, 1.807) is 0 Å². The van der Waals surface area contributed by atoms with Crippen LogP contribution in [0, 0.1) is 0 Å². The molecule has 3 heteroatoms. The number of hydrogen-bond donors (Lipinski definition) is 1. The SMILES string of the molecule is [CH3][Ge]([CH3])([CH3])[S]CS. The molecule has 0 radical (unpaired) electrons. The van der Waals surface area contributed by atoms with E-state index in [-0.39, 0.29) is 0 Å². The Morgan fingerprint density at radius 2 is 1.86 bits per heavy atom. The molecule has 0 aliphatic rings. The zero-order valence-electron chi connectivity index (χ0n) is 5.06. The summed E-state index contributed by atoms with van der Waals surface area (Å²) >= 11 is 2.88. The first-order valence-corrected chi connectivity index (χ1v) is 12.8. The van der Waals surface area contributed by atoms with Crippen molar-refractivity contribution in [3.05, 3.63) is 0 Å². The molecule has 0 aliphatic carbocycles. The quantitative estimate of drug-likeness (QED) is 0.402. The third-order valence-electron chi connectivity index (χ3n) is 0.498. The summed E-state index contributed by atoms with van der Waals surface area (Å²) in [7, 11) is 2.04. The van der Waals surface area contributed by atoms with Crippen molar-refractivity contribution in [2.45, 2.75) is 17.3 Å². The van der Waals surface area contributed by atoms with Crippen molar-refractivity contribution in [2.24, 2.45) is 0 Å². The van der Waals surface area contributed by atoms with Crippen LogP contribution in [0.1, 0.15) is 0 Å². The van der Waals surface area contributed by atoms with Gasteiger partial charge in [-0.05, 0) is 0 Å². The van der Waals surface area contributed by atoms with E-state index in [0.717, 1.165) is 5.08 Å². The molecular weight excluding hydrogens is 185 g/mol. The van der Waals surface area contributed by atoms with Crippen molar-refractivity contribution in [3.63, 3.8) is 0 Å². The molecular formula is C4H12GeS2. The predicted octanol–water partition coefficient (Wildman–Crippen LogP) is 2.44. The fourth-order valence-electron chi connectivity index (χ4n) is 0.194. The summed E-state index contributed by atoms with van der Waals surface area (Å²) in [6, 6.07) is 0. The van der Waals surface area contributed by atoms with Gasteiger partial charge in [-0.3, -0.25) is 0 Å². The summed E-state index contributed by atoms with van der Waals surface area (Å²) in [5.74, 6) is 7.13. The summed E-state index contributed by atoms with van der Waals surface area (Å²) in [6.07, 6.45) is 0. The molecule has 0 heterocycles. The Hall–Kier alpha value is 1.24. The van der Waals surface area contributed by atoms with Gasteiger partial charge in [-0.25, -0.2) is 0 Å². The molecule has 0 aromatic rings. The average molecular weight is 197 g/mol. The van der Waals surface area contributed by atoms with Gasteiger partial charge in [0, 0.05) is 0 Å². The van der Waals surface area contributed by atoms with Gasteiger partial charge in [-0.2, -0.15) is 0 Å². The standard InChI is InChI=1S/C4H12GeS2/c1-5(2,3)7-4-6/h6H,4H2,1-3H3. The van der Waals surface area contributed by atoms with E-state index in [0.29, 0.717) is 0 Å². The molecule has 0 aliphatic heterocycles. The van der Waals surface area contributed by atoms with E-state index >= 15 is 0 Å². The normalized spacial score (nSPS) is 12.0. The minimum absolute atomic E-state index is 1.00. The fourth-order valence-corrected chi connectivity index (χ4v) is 9.06.